The first-order chi connectivity index (χ1) is 30.8. The molecule has 0 bridgehead atoms. The van der Waals surface area contributed by atoms with Gasteiger partial charge in [0.15, 0.2) is 6.10 Å². The number of hydrogen-bond donors (Lipinski definition) is 0. The van der Waals surface area contributed by atoms with Crippen LogP contribution in [0.2, 0.25) is 0 Å². The maximum atomic E-state index is 13.1. The number of phosphoric acid groups is 1. The largest absolute Gasteiger partial charge is 0.756 e. The minimum absolute atomic E-state index is 0.0733. The number of carbonyl (C=O) groups excluding carboxylic acids is 3. The molecular weight excluding hydrogens is 842 g/mol. The molecule has 4 aliphatic rings. The lowest BCUT2D eigenvalue weighted by Crippen LogP contribution is -2.51. The van der Waals surface area contributed by atoms with E-state index in [4.69, 9.17) is 23.3 Å². The summed E-state index contributed by atoms with van der Waals surface area (Å²) in [6.07, 6.45) is 26.7. The summed E-state index contributed by atoms with van der Waals surface area (Å²) < 4.78 is 40.1. The molecule has 11 nitrogen and oxygen atoms in total. The minimum atomic E-state index is -4.71. The van der Waals surface area contributed by atoms with Gasteiger partial charge in [0.05, 0.1) is 40.6 Å². The minimum Gasteiger partial charge on any atom is -0.756 e. The van der Waals surface area contributed by atoms with Gasteiger partial charge in [-0.05, 0) is 97.7 Å². The van der Waals surface area contributed by atoms with Crippen molar-refractivity contribution in [3.63, 3.8) is 0 Å². The van der Waals surface area contributed by atoms with E-state index in [1.807, 2.05) is 21.1 Å². The standard InChI is InChI=1S/C53H94NO10P/c1-10-11-12-13-14-15-16-17-18-19-20-24-50(56)64-44(39-62-65(58,59)61-36-35-54(7,8)9)38-60-49(55)29-30-51(57)63-43-31-33-52(5)42(37-43)25-26-45-47-28-27-46(41(4)23-21-22-40(2)3)53(47,6)34-32-48(45)52/h25,40-41,43-48H,10-24,26-39H2,1-9H3/t41-,43?,44?,45+,46-,47+,48+,52+,53-/m0/s1. The van der Waals surface area contributed by atoms with Crippen LogP contribution >= 0.6 is 7.82 Å². The van der Waals surface area contributed by atoms with E-state index >= 15 is 0 Å². The number of carbonyl (C=O) groups is 3. The Labute approximate surface area is 395 Å². The van der Waals surface area contributed by atoms with Gasteiger partial charge in [-0.1, -0.05) is 137 Å². The van der Waals surface area contributed by atoms with Crippen molar-refractivity contribution >= 4 is 25.7 Å². The van der Waals surface area contributed by atoms with Crippen LogP contribution in [0.5, 0.6) is 0 Å². The zero-order valence-electron chi connectivity index (χ0n) is 42.7. The Bertz CT molecular complexity index is 1540. The van der Waals surface area contributed by atoms with Crippen LogP contribution < -0.4 is 4.89 Å². The van der Waals surface area contributed by atoms with E-state index in [2.05, 4.69) is 47.6 Å². The molecule has 0 aliphatic heterocycles. The van der Waals surface area contributed by atoms with E-state index in [0.717, 1.165) is 74.5 Å². The molecule has 0 saturated heterocycles. The highest BCUT2D eigenvalue weighted by molar-refractivity contribution is 7.45. The second-order valence-corrected chi connectivity index (χ2v) is 24.2. The Morgan fingerprint density at radius 2 is 1.43 bits per heavy atom. The van der Waals surface area contributed by atoms with E-state index < -0.39 is 45.0 Å². The van der Waals surface area contributed by atoms with Gasteiger partial charge in [-0.2, -0.15) is 0 Å². The molecule has 0 spiro atoms. The molecule has 0 aromatic rings. The molecule has 0 N–H and O–H groups in total. The number of ether oxygens (including phenoxy) is 3. The smallest absolute Gasteiger partial charge is 0.306 e. The third-order valence-electron chi connectivity index (χ3n) is 16.2. The second kappa shape index (κ2) is 26.8. The van der Waals surface area contributed by atoms with E-state index in [0.29, 0.717) is 28.8 Å². The van der Waals surface area contributed by atoms with Crippen molar-refractivity contribution in [2.24, 2.45) is 46.3 Å². The molecule has 3 unspecified atom stereocenters. The highest BCUT2D eigenvalue weighted by Crippen LogP contribution is 2.67. The van der Waals surface area contributed by atoms with E-state index in [9.17, 15) is 23.8 Å². The van der Waals surface area contributed by atoms with E-state index in [1.165, 1.54) is 95.5 Å². The maximum Gasteiger partial charge on any atom is 0.306 e. The maximum absolute atomic E-state index is 13.1. The molecule has 4 rings (SSSR count). The fourth-order valence-electron chi connectivity index (χ4n) is 12.4. The van der Waals surface area contributed by atoms with Crippen LogP contribution in [0.25, 0.3) is 0 Å². The lowest BCUT2D eigenvalue weighted by atomic mass is 9.47. The molecular formula is C53H94NO10P. The lowest BCUT2D eigenvalue weighted by Gasteiger charge is -2.58. The molecule has 0 amide bonds. The number of hydrogen-bond acceptors (Lipinski definition) is 10. The molecule has 0 heterocycles. The first-order valence-corrected chi connectivity index (χ1v) is 27.9. The quantitative estimate of drug-likeness (QED) is 0.0165. The second-order valence-electron chi connectivity index (χ2n) is 22.8. The van der Waals surface area contributed by atoms with Gasteiger partial charge < -0.3 is 32.6 Å². The van der Waals surface area contributed by atoms with Gasteiger partial charge in [0, 0.05) is 12.8 Å². The van der Waals surface area contributed by atoms with Gasteiger partial charge in [0.1, 0.15) is 25.9 Å². The number of likely N-dealkylation sites (N-methyl/N-ethyl adjacent to an activating group) is 1. The molecule has 3 saturated carbocycles. The SMILES string of the molecule is CCCCCCCCCCCCCC(=O)OC(COC(=O)CCC(=O)OC1CC[C@]2(C)C(=CC[C@@H]3[C@H]4CC[C@@H]([C@@H](C)CCCC(C)C)[C@]4(C)CC[C@H]32)C1)COP(=O)([O-])OCC[N+](C)(C)C. The van der Waals surface area contributed by atoms with E-state index in [-0.39, 0.29) is 37.4 Å². The van der Waals surface area contributed by atoms with Crippen molar-refractivity contribution in [1.82, 2.24) is 0 Å². The topological polar surface area (TPSA) is 137 Å². The van der Waals surface area contributed by atoms with Gasteiger partial charge in [-0.15, -0.1) is 0 Å². The monoisotopic (exact) mass is 936 g/mol. The van der Waals surface area contributed by atoms with Crippen LogP contribution in [0.15, 0.2) is 11.6 Å². The summed E-state index contributed by atoms with van der Waals surface area (Å²) in [6, 6.07) is 0. The average Bonchev–Trinajstić information content (AvgIpc) is 3.59. The van der Waals surface area contributed by atoms with Crippen molar-refractivity contribution in [2.75, 3.05) is 47.5 Å². The summed E-state index contributed by atoms with van der Waals surface area (Å²) in [7, 11) is 1.03. The highest BCUT2D eigenvalue weighted by Gasteiger charge is 2.59. The van der Waals surface area contributed by atoms with Crippen LogP contribution in [-0.4, -0.2) is 82.1 Å². The summed E-state index contributed by atoms with van der Waals surface area (Å²) in [4.78, 5) is 51.3. The van der Waals surface area contributed by atoms with E-state index in [1.54, 1.807) is 0 Å². The van der Waals surface area contributed by atoms with Crippen LogP contribution in [0.4, 0.5) is 0 Å². The van der Waals surface area contributed by atoms with Crippen LogP contribution in [0, 0.1) is 46.3 Å². The fraction of sp³-hybridized carbons (Fsp3) is 0.906. The first kappa shape index (κ1) is 55.8. The normalized spacial score (nSPS) is 28.3. The van der Waals surface area contributed by atoms with Crippen LogP contribution in [-0.2, 0) is 42.2 Å². The Kier molecular flexibility index (Phi) is 23.0. The predicted molar refractivity (Wildman–Crippen MR) is 256 cm³/mol. The number of fused-ring (bicyclic) bond motifs is 5. The van der Waals surface area contributed by atoms with Gasteiger partial charge in [-0.3, -0.25) is 18.9 Å². The molecule has 0 radical (unpaired) electrons. The number of nitrogens with zero attached hydrogens (tertiary/aromatic N) is 1. The number of allylic oxidation sites excluding steroid dienone is 1. The summed E-state index contributed by atoms with van der Waals surface area (Å²) in [5.74, 6) is 3.00. The number of quaternary nitrogens is 1. The Balaban J connectivity index is 1.21. The van der Waals surface area contributed by atoms with Crippen LogP contribution in [0.3, 0.4) is 0 Å². The van der Waals surface area contributed by atoms with Crippen molar-refractivity contribution < 1.29 is 51.6 Å². The Hall–Kier alpha value is -1.78. The van der Waals surface area contributed by atoms with Gasteiger partial charge >= 0.3 is 17.9 Å². The Morgan fingerprint density at radius 3 is 2.09 bits per heavy atom. The highest BCUT2D eigenvalue weighted by atomic mass is 31.2. The average molecular weight is 936 g/mol. The van der Waals surface area contributed by atoms with Gasteiger partial charge in [0.2, 0.25) is 0 Å². The van der Waals surface area contributed by atoms with Crippen LogP contribution in [0.1, 0.15) is 202 Å². The van der Waals surface area contributed by atoms with Gasteiger partial charge in [0.25, 0.3) is 7.82 Å². The third kappa shape index (κ3) is 18.2. The zero-order valence-corrected chi connectivity index (χ0v) is 43.6. The summed E-state index contributed by atoms with van der Waals surface area (Å²) in [5.41, 5.74) is 2.04. The number of esters is 3. The third-order valence-corrected chi connectivity index (χ3v) is 17.2. The lowest BCUT2D eigenvalue weighted by molar-refractivity contribution is -0.870. The molecule has 0 aromatic heterocycles. The first-order valence-electron chi connectivity index (χ1n) is 26.4. The molecule has 12 heteroatoms. The molecule has 0 aromatic carbocycles. The zero-order chi connectivity index (χ0) is 47.7. The summed E-state index contributed by atoms with van der Waals surface area (Å²) >= 11 is 0. The van der Waals surface area contributed by atoms with Gasteiger partial charge in [-0.25, -0.2) is 0 Å². The van der Waals surface area contributed by atoms with Crippen molar-refractivity contribution in [3.8, 4) is 0 Å². The predicted octanol–water partition coefficient (Wildman–Crippen LogP) is 12.1. The molecule has 4 aliphatic carbocycles. The molecule has 65 heavy (non-hydrogen) atoms. The molecule has 3 fully saturated rings. The summed E-state index contributed by atoms with van der Waals surface area (Å²) in [6.45, 7) is 14.0. The summed E-state index contributed by atoms with van der Waals surface area (Å²) in [5, 5.41) is 0. The number of rotatable bonds is 31. The Morgan fingerprint density at radius 1 is 0.769 bits per heavy atom. The fourth-order valence-corrected chi connectivity index (χ4v) is 13.1. The number of phosphoric ester groups is 1. The van der Waals surface area contributed by atoms with Crippen molar-refractivity contribution in [3.05, 3.63) is 11.6 Å². The molecule has 376 valence electrons. The van der Waals surface area contributed by atoms with Crippen molar-refractivity contribution in [1.29, 1.82) is 0 Å². The van der Waals surface area contributed by atoms with Crippen molar-refractivity contribution in [2.45, 2.75) is 214 Å². The number of unbranched alkanes of at least 4 members (excludes halogenated alkanes) is 10. The molecule has 10 atom stereocenters.